The van der Waals surface area contributed by atoms with Crippen LogP contribution >= 0.6 is 0 Å². The van der Waals surface area contributed by atoms with Gasteiger partial charge in [-0.15, -0.1) is 0 Å². The van der Waals surface area contributed by atoms with Gasteiger partial charge in [-0.25, -0.2) is 0 Å². The van der Waals surface area contributed by atoms with Gasteiger partial charge in [0.2, 0.25) is 11.7 Å². The summed E-state index contributed by atoms with van der Waals surface area (Å²) in [6.45, 7) is 0. The van der Waals surface area contributed by atoms with Gasteiger partial charge in [-0.1, -0.05) is 12.8 Å². The van der Waals surface area contributed by atoms with Crippen LogP contribution in [0.2, 0.25) is 0 Å². The molecule has 0 fully saturated rings. The van der Waals surface area contributed by atoms with Crippen molar-refractivity contribution in [3.8, 4) is 0 Å². The molecule has 0 spiro atoms. The van der Waals surface area contributed by atoms with E-state index in [1.54, 1.807) is 24.3 Å². The van der Waals surface area contributed by atoms with Crippen LogP contribution in [0.25, 0.3) is 0 Å². The molecule has 22 heavy (non-hydrogen) atoms. The summed E-state index contributed by atoms with van der Waals surface area (Å²) in [5, 5.41) is 2.70. The Bertz CT molecular complexity index is 499. The average Bonchev–Trinajstić information content (AvgIpc) is 2.44. The van der Waals surface area contributed by atoms with Crippen LogP contribution in [0.4, 0.5) is 24.5 Å². The zero-order valence-electron chi connectivity index (χ0n) is 12.1. The first-order chi connectivity index (χ1) is 10.3. The second-order valence-electron chi connectivity index (χ2n) is 5.01. The monoisotopic (exact) mass is 316 g/mol. The molecule has 0 heterocycles. The lowest BCUT2D eigenvalue weighted by Gasteiger charge is -2.06. The number of carbonyl (C=O) groups is 2. The van der Waals surface area contributed by atoms with Gasteiger partial charge < -0.3 is 11.1 Å². The lowest BCUT2D eigenvalue weighted by molar-refractivity contribution is -0.171. The third kappa shape index (κ3) is 7.10. The minimum absolute atomic E-state index is 0.156. The lowest BCUT2D eigenvalue weighted by Crippen LogP contribution is -2.22. The molecule has 0 unspecified atom stereocenters. The Morgan fingerprint density at radius 2 is 1.50 bits per heavy atom. The van der Waals surface area contributed by atoms with Gasteiger partial charge in [0.1, 0.15) is 0 Å². The Morgan fingerprint density at radius 1 is 0.955 bits per heavy atom. The number of ketones is 1. The Kier molecular flexibility index (Phi) is 6.88. The molecule has 7 heteroatoms. The van der Waals surface area contributed by atoms with Crippen LogP contribution in [0.3, 0.4) is 0 Å². The number of benzene rings is 1. The van der Waals surface area contributed by atoms with E-state index in [2.05, 4.69) is 5.32 Å². The second-order valence-corrected chi connectivity index (χ2v) is 5.01. The molecule has 0 atom stereocenters. The third-order valence-electron chi connectivity index (χ3n) is 3.07. The van der Waals surface area contributed by atoms with Crippen LogP contribution in [0.15, 0.2) is 24.3 Å². The van der Waals surface area contributed by atoms with Gasteiger partial charge >= 0.3 is 6.18 Å². The van der Waals surface area contributed by atoms with E-state index < -0.39 is 18.4 Å². The molecule has 1 aromatic rings. The number of unbranched alkanes of at least 4 members (excludes halogenated alkanes) is 3. The maximum absolute atomic E-state index is 12.0. The molecule has 0 bridgehead atoms. The highest BCUT2D eigenvalue weighted by atomic mass is 19.4. The maximum atomic E-state index is 12.0. The summed E-state index contributed by atoms with van der Waals surface area (Å²) in [7, 11) is 0. The summed E-state index contributed by atoms with van der Waals surface area (Å²) in [6, 6.07) is 6.73. The summed E-state index contributed by atoms with van der Waals surface area (Å²) in [6.07, 6.45) is -3.06. The Labute approximate surface area is 126 Å². The molecule has 3 N–H and O–H groups in total. The summed E-state index contributed by atoms with van der Waals surface area (Å²) < 4.78 is 35.9. The summed E-state index contributed by atoms with van der Waals surface area (Å²) >= 11 is 0. The van der Waals surface area contributed by atoms with Gasteiger partial charge in [0, 0.05) is 24.2 Å². The molecule has 0 aliphatic rings. The van der Waals surface area contributed by atoms with E-state index in [9.17, 15) is 22.8 Å². The number of nitrogen functional groups attached to an aromatic ring is 1. The van der Waals surface area contributed by atoms with Crippen molar-refractivity contribution in [2.45, 2.75) is 44.7 Å². The van der Waals surface area contributed by atoms with E-state index in [0.717, 1.165) is 0 Å². The highest BCUT2D eigenvalue weighted by molar-refractivity contribution is 5.90. The van der Waals surface area contributed by atoms with E-state index in [4.69, 9.17) is 5.73 Å². The minimum atomic E-state index is -4.74. The molecule has 1 aromatic carbocycles. The van der Waals surface area contributed by atoms with Crippen molar-refractivity contribution in [1.82, 2.24) is 0 Å². The van der Waals surface area contributed by atoms with Crippen LogP contribution in [-0.4, -0.2) is 17.9 Å². The van der Waals surface area contributed by atoms with Crippen LogP contribution in [0, 0.1) is 0 Å². The Balaban J connectivity index is 2.11. The van der Waals surface area contributed by atoms with E-state index in [0.29, 0.717) is 30.6 Å². The van der Waals surface area contributed by atoms with Crippen LogP contribution in [-0.2, 0) is 9.59 Å². The van der Waals surface area contributed by atoms with E-state index in [1.807, 2.05) is 0 Å². The van der Waals surface area contributed by atoms with Gasteiger partial charge in [-0.2, -0.15) is 13.2 Å². The molecular formula is C15H19F3N2O2. The fourth-order valence-corrected chi connectivity index (χ4v) is 1.86. The predicted octanol–water partition coefficient (Wildman–Crippen LogP) is 3.68. The van der Waals surface area contributed by atoms with Gasteiger partial charge in [-0.3, -0.25) is 9.59 Å². The van der Waals surface area contributed by atoms with Crippen molar-refractivity contribution >= 4 is 23.1 Å². The topological polar surface area (TPSA) is 72.2 Å². The molecule has 0 saturated heterocycles. The zero-order valence-corrected chi connectivity index (χ0v) is 12.1. The SMILES string of the molecule is Nc1ccc(NC(=O)CCCCCCC(=O)C(F)(F)F)cc1. The highest BCUT2D eigenvalue weighted by Crippen LogP contribution is 2.20. The first-order valence-corrected chi connectivity index (χ1v) is 7.04. The molecule has 0 radical (unpaired) electrons. The fraction of sp³-hybridized carbons (Fsp3) is 0.467. The molecule has 1 amide bonds. The van der Waals surface area contributed by atoms with E-state index >= 15 is 0 Å². The second kappa shape index (κ2) is 8.41. The number of anilines is 2. The number of carbonyl (C=O) groups excluding carboxylic acids is 2. The van der Waals surface area contributed by atoms with Crippen molar-refractivity contribution in [3.05, 3.63) is 24.3 Å². The van der Waals surface area contributed by atoms with Gasteiger partial charge in [-0.05, 0) is 37.1 Å². The predicted molar refractivity (Wildman–Crippen MR) is 78.2 cm³/mol. The largest absolute Gasteiger partial charge is 0.449 e. The molecule has 122 valence electrons. The highest BCUT2D eigenvalue weighted by Gasteiger charge is 2.36. The Morgan fingerprint density at radius 3 is 2.05 bits per heavy atom. The molecule has 4 nitrogen and oxygen atoms in total. The van der Waals surface area contributed by atoms with Crippen molar-refractivity contribution in [2.75, 3.05) is 11.1 Å². The van der Waals surface area contributed by atoms with Crippen molar-refractivity contribution in [3.63, 3.8) is 0 Å². The number of Topliss-reactive ketones (excluding diaryl/α,β-unsaturated/α-hetero) is 1. The normalized spacial score (nSPS) is 11.2. The van der Waals surface area contributed by atoms with Crippen molar-refractivity contribution < 1.29 is 22.8 Å². The van der Waals surface area contributed by atoms with Crippen LogP contribution < -0.4 is 11.1 Å². The molecule has 0 aliphatic heterocycles. The van der Waals surface area contributed by atoms with Gasteiger partial charge in [0.15, 0.2) is 0 Å². The maximum Gasteiger partial charge on any atom is 0.449 e. The summed E-state index contributed by atoms with van der Waals surface area (Å²) in [4.78, 5) is 22.3. The molecule has 0 aliphatic carbocycles. The number of hydrogen-bond donors (Lipinski definition) is 2. The quantitative estimate of drug-likeness (QED) is 0.567. The van der Waals surface area contributed by atoms with Crippen molar-refractivity contribution in [1.29, 1.82) is 0 Å². The smallest absolute Gasteiger partial charge is 0.399 e. The third-order valence-corrected chi connectivity index (χ3v) is 3.07. The standard InChI is InChI=1S/C15H19F3N2O2/c16-15(17,18)13(21)5-3-1-2-4-6-14(22)20-12-9-7-11(19)8-10-12/h7-10H,1-6,19H2,(H,20,22). The number of nitrogens with two attached hydrogens (primary N) is 1. The Hall–Kier alpha value is -2.05. The van der Waals surface area contributed by atoms with Crippen LogP contribution in [0.5, 0.6) is 0 Å². The molecule has 0 saturated carbocycles. The number of halogens is 3. The first kappa shape index (κ1) is 18.0. The fourth-order valence-electron chi connectivity index (χ4n) is 1.86. The number of alkyl halides is 3. The first-order valence-electron chi connectivity index (χ1n) is 7.04. The van der Waals surface area contributed by atoms with Crippen molar-refractivity contribution in [2.24, 2.45) is 0 Å². The van der Waals surface area contributed by atoms with Crippen LogP contribution in [0.1, 0.15) is 38.5 Å². The lowest BCUT2D eigenvalue weighted by atomic mass is 10.1. The zero-order chi connectivity index (χ0) is 16.6. The molecule has 1 rings (SSSR count). The summed E-state index contributed by atoms with van der Waals surface area (Å²) in [5.74, 6) is -1.84. The number of nitrogens with one attached hydrogen (secondary N) is 1. The van der Waals surface area contributed by atoms with Gasteiger partial charge in [0.25, 0.3) is 0 Å². The molecular weight excluding hydrogens is 297 g/mol. The molecule has 0 aromatic heterocycles. The minimum Gasteiger partial charge on any atom is -0.399 e. The van der Waals surface area contributed by atoms with E-state index in [1.165, 1.54) is 0 Å². The number of amides is 1. The average molecular weight is 316 g/mol. The summed E-state index contributed by atoms with van der Waals surface area (Å²) in [5.41, 5.74) is 6.78. The van der Waals surface area contributed by atoms with Gasteiger partial charge in [0.05, 0.1) is 0 Å². The van der Waals surface area contributed by atoms with E-state index in [-0.39, 0.29) is 18.7 Å². The number of hydrogen-bond acceptors (Lipinski definition) is 3. The number of rotatable bonds is 8.